The molecule has 0 unspecified atom stereocenters. The fourth-order valence-electron chi connectivity index (χ4n) is 7.67. The van der Waals surface area contributed by atoms with Crippen LogP contribution in [0, 0.1) is 11.5 Å². The molecule has 0 N–H and O–H groups in total. The molecule has 3 aliphatic rings. The van der Waals surface area contributed by atoms with Crippen molar-refractivity contribution in [1.29, 1.82) is 0 Å². The molecule has 0 bridgehead atoms. The fourth-order valence-corrected chi connectivity index (χ4v) is 8.49. The maximum atomic E-state index is 3.16. The van der Waals surface area contributed by atoms with E-state index in [4.69, 9.17) is 0 Å². The zero-order chi connectivity index (χ0) is 39.4. The average Bonchev–Trinajstić information content (AvgIpc) is 3.88. The number of allylic oxidation sites excluding steroid dienone is 6. The standard InChI is InChI=1S/C23H21.C21H26.C9H13.2ClH.Zr/c1-22(2)7-5-14-10-18-16(12-20(14)22)9-17-13-21-15(11-19(17)18)6-8-23(21,3)4;1-20(2,3)18-11-7-16(8-12-18)15-17-9-13-19(14-10-17)21(4,5)6;1-9(2,3)8-6-4-5-7-8;;;/h5-13H,1-4H3;7-14H,1-6H3;6-7H,4H2,1-3H3;2*1H;/q-1;;-1;;;+2/p-2. The van der Waals surface area contributed by atoms with Gasteiger partial charge in [0, 0.05) is 10.8 Å². The van der Waals surface area contributed by atoms with E-state index in [1.54, 1.807) is 0 Å². The number of rotatable bonds is 2. The Bertz CT molecular complexity index is 2190. The van der Waals surface area contributed by atoms with Crippen molar-refractivity contribution in [3.63, 3.8) is 0 Å². The summed E-state index contributed by atoms with van der Waals surface area (Å²) in [7, 11) is 0. The van der Waals surface area contributed by atoms with Gasteiger partial charge in [-0.25, -0.2) is 6.08 Å². The molecular formula is C53H60Cl2Zr-2. The molecule has 56 heavy (non-hydrogen) atoms. The Hall–Kier alpha value is -2.96. The summed E-state index contributed by atoms with van der Waals surface area (Å²) in [4.78, 5) is 0. The molecule has 0 aromatic heterocycles. The Morgan fingerprint density at radius 1 is 0.589 bits per heavy atom. The number of halogens is 2. The van der Waals surface area contributed by atoms with Crippen LogP contribution in [-0.4, -0.2) is 3.21 Å². The second kappa shape index (κ2) is 16.7. The van der Waals surface area contributed by atoms with Gasteiger partial charge in [0.25, 0.3) is 0 Å². The van der Waals surface area contributed by atoms with Gasteiger partial charge in [0.15, 0.2) is 0 Å². The van der Waals surface area contributed by atoms with Crippen molar-refractivity contribution in [2.75, 3.05) is 0 Å². The van der Waals surface area contributed by atoms with E-state index >= 15 is 0 Å². The number of fused-ring (bicyclic) bond motifs is 5. The maximum absolute atomic E-state index is 3.16. The van der Waals surface area contributed by atoms with Crippen LogP contribution in [0.2, 0.25) is 0 Å². The Morgan fingerprint density at radius 3 is 1.29 bits per heavy atom. The summed E-state index contributed by atoms with van der Waals surface area (Å²) in [5.74, 6) is 0. The summed E-state index contributed by atoms with van der Waals surface area (Å²) in [6, 6.07) is 30.1. The first-order chi connectivity index (χ1) is 25.0. The van der Waals surface area contributed by atoms with Crippen LogP contribution in [0.25, 0.3) is 33.7 Å². The number of hydrogen-bond donors (Lipinski definition) is 0. The molecule has 0 atom stereocenters. The Kier molecular flexibility index (Phi) is 13.7. The molecule has 5 aromatic carbocycles. The molecule has 3 heteroatoms. The van der Waals surface area contributed by atoms with E-state index < -0.39 is 0 Å². The molecule has 0 aliphatic heterocycles. The summed E-state index contributed by atoms with van der Waals surface area (Å²) in [6.07, 6.45) is 17.7. The van der Waals surface area contributed by atoms with Crippen LogP contribution in [0.3, 0.4) is 0 Å². The van der Waals surface area contributed by atoms with Gasteiger partial charge in [-0.05, 0) is 11.1 Å². The SMILES string of the molecule is CC(C)(C)C1=CC[C-]=C1.CC(C)(C)c1ccc([C](=[Zr+2])c2ccc(C(C)(C)C)cc2)cc1.CC1(C)C=Cc2cc3c(cc21)[cH-]c1cc2c(cc13)C=CC2(C)C.[Cl-].[Cl-]. The van der Waals surface area contributed by atoms with E-state index in [0.29, 0.717) is 5.41 Å². The van der Waals surface area contributed by atoms with Crippen molar-refractivity contribution in [2.45, 2.75) is 118 Å². The number of hydrogen-bond acceptors (Lipinski definition) is 0. The van der Waals surface area contributed by atoms with Gasteiger partial charge in [-0.3, -0.25) is 6.08 Å². The van der Waals surface area contributed by atoms with Gasteiger partial charge in [0.05, 0.1) is 0 Å². The predicted molar refractivity (Wildman–Crippen MR) is 235 cm³/mol. The van der Waals surface area contributed by atoms with E-state index in [1.165, 1.54) is 99.1 Å². The average molecular weight is 859 g/mol. The van der Waals surface area contributed by atoms with Crippen LogP contribution in [0.4, 0.5) is 0 Å². The zero-order valence-electron chi connectivity index (χ0n) is 35.9. The first kappa shape index (κ1) is 45.7. The van der Waals surface area contributed by atoms with Crippen molar-refractivity contribution in [2.24, 2.45) is 5.41 Å². The first-order valence-corrected chi connectivity index (χ1v) is 21.0. The van der Waals surface area contributed by atoms with Gasteiger partial charge in [-0.1, -0.05) is 101 Å². The third-order valence-electron chi connectivity index (χ3n) is 11.4. The summed E-state index contributed by atoms with van der Waals surface area (Å²) in [6.45, 7) is 29.4. The molecule has 0 saturated heterocycles. The van der Waals surface area contributed by atoms with Crippen LogP contribution in [0.1, 0.15) is 141 Å². The minimum atomic E-state index is 0. The summed E-state index contributed by atoms with van der Waals surface area (Å²) < 4.78 is 1.42. The van der Waals surface area contributed by atoms with Gasteiger partial charge in [-0.15, -0.1) is 46.2 Å². The number of benzene rings is 4. The molecule has 0 saturated carbocycles. The largest absolute Gasteiger partial charge is 1.00 e. The molecule has 3 aliphatic carbocycles. The van der Waals surface area contributed by atoms with E-state index in [-0.39, 0.29) is 46.5 Å². The molecule has 0 radical (unpaired) electrons. The smallest absolute Gasteiger partial charge is 0.00151 e. The summed E-state index contributed by atoms with van der Waals surface area (Å²) in [5, 5.41) is 5.53. The molecule has 0 fully saturated rings. The van der Waals surface area contributed by atoms with Gasteiger partial charge in [0.2, 0.25) is 0 Å². The van der Waals surface area contributed by atoms with Crippen molar-refractivity contribution in [3.8, 4) is 0 Å². The monoisotopic (exact) mass is 856 g/mol. The van der Waals surface area contributed by atoms with Crippen LogP contribution >= 0.6 is 0 Å². The zero-order valence-corrected chi connectivity index (χ0v) is 39.9. The van der Waals surface area contributed by atoms with Gasteiger partial charge < -0.3 is 24.8 Å². The van der Waals surface area contributed by atoms with Crippen molar-refractivity contribution < 1.29 is 49.0 Å². The third kappa shape index (κ3) is 9.83. The fraction of sp³-hybridized carbons (Fsp3) is 0.358. The van der Waals surface area contributed by atoms with E-state index in [0.717, 1.165) is 6.42 Å². The van der Waals surface area contributed by atoms with Crippen LogP contribution in [0.5, 0.6) is 0 Å². The third-order valence-corrected chi connectivity index (χ3v) is 12.9. The van der Waals surface area contributed by atoms with Crippen molar-refractivity contribution >= 4 is 36.9 Å². The Labute approximate surface area is 366 Å². The molecule has 0 spiro atoms. The van der Waals surface area contributed by atoms with Gasteiger partial charge in [0.1, 0.15) is 0 Å². The molecule has 292 valence electrons. The predicted octanol–water partition coefficient (Wildman–Crippen LogP) is 8.45. The van der Waals surface area contributed by atoms with Crippen LogP contribution in [-0.2, 0) is 45.9 Å². The summed E-state index contributed by atoms with van der Waals surface area (Å²) in [5.41, 5.74) is 13.6. The van der Waals surface area contributed by atoms with Crippen molar-refractivity contribution in [3.05, 3.63) is 159 Å². The molecule has 0 nitrogen and oxygen atoms in total. The van der Waals surface area contributed by atoms with Crippen LogP contribution in [0.15, 0.2) is 109 Å². The molecule has 0 heterocycles. The van der Waals surface area contributed by atoms with E-state index in [2.05, 4.69) is 211 Å². The maximum Gasteiger partial charge on any atom is 0.00151 e. The van der Waals surface area contributed by atoms with Gasteiger partial charge in [-0.2, -0.15) is 11.6 Å². The minimum absolute atomic E-state index is 0. The second-order valence-electron chi connectivity index (χ2n) is 19.8. The Balaban J connectivity index is 0.000000199. The van der Waals surface area contributed by atoms with Gasteiger partial charge >= 0.3 is 151 Å². The van der Waals surface area contributed by atoms with Crippen molar-refractivity contribution in [1.82, 2.24) is 0 Å². The first-order valence-electron chi connectivity index (χ1n) is 19.7. The topological polar surface area (TPSA) is 0 Å². The molecule has 5 aromatic rings. The second-order valence-corrected chi connectivity index (χ2v) is 21.0. The van der Waals surface area contributed by atoms with E-state index in [1.807, 2.05) is 0 Å². The quantitative estimate of drug-likeness (QED) is 0.157. The van der Waals surface area contributed by atoms with E-state index in [9.17, 15) is 0 Å². The Morgan fingerprint density at radius 2 is 0.982 bits per heavy atom. The molecule has 0 amide bonds. The molecular weight excluding hydrogens is 799 g/mol. The molecule has 8 rings (SSSR count). The minimum Gasteiger partial charge on any atom is -1.00 e. The normalized spacial score (nSPS) is 15.9. The summed E-state index contributed by atoms with van der Waals surface area (Å²) >= 11 is 1.46. The van der Waals surface area contributed by atoms with Crippen LogP contribution < -0.4 is 24.8 Å².